The average Bonchev–Trinajstić information content (AvgIpc) is 2.81. The predicted octanol–water partition coefficient (Wildman–Crippen LogP) is 4.08. The number of piperidine rings is 1. The van der Waals surface area contributed by atoms with Gasteiger partial charge in [-0.3, -0.25) is 0 Å². The number of anilines is 1. The lowest BCUT2D eigenvalue weighted by atomic mass is 9.98. The van der Waals surface area contributed by atoms with E-state index in [0.29, 0.717) is 18.1 Å². The molecule has 0 radical (unpaired) electrons. The maximum Gasteiger partial charge on any atom is 0.393 e. The number of thiazole rings is 1. The van der Waals surface area contributed by atoms with Gasteiger partial charge in [0.25, 0.3) is 0 Å². The predicted molar refractivity (Wildman–Crippen MR) is 70.6 cm³/mol. The summed E-state index contributed by atoms with van der Waals surface area (Å²) >= 11 is 1.46. The van der Waals surface area contributed by atoms with Crippen LogP contribution in [0.25, 0.3) is 10.2 Å². The first-order chi connectivity index (χ1) is 9.04. The zero-order valence-corrected chi connectivity index (χ0v) is 11.0. The first kappa shape index (κ1) is 12.7. The van der Waals surface area contributed by atoms with Crippen LogP contribution in [0.4, 0.5) is 18.3 Å². The van der Waals surface area contributed by atoms with Crippen molar-refractivity contribution in [1.29, 1.82) is 0 Å². The summed E-state index contributed by atoms with van der Waals surface area (Å²) in [6.07, 6.45) is -3.31. The zero-order valence-electron chi connectivity index (χ0n) is 10.2. The minimum absolute atomic E-state index is 0.0311. The van der Waals surface area contributed by atoms with Gasteiger partial charge < -0.3 is 4.90 Å². The molecule has 2 nitrogen and oxygen atoms in total. The highest BCUT2D eigenvalue weighted by atomic mass is 32.1. The van der Waals surface area contributed by atoms with Crippen LogP contribution in [0.3, 0.4) is 0 Å². The molecule has 1 aliphatic rings. The van der Waals surface area contributed by atoms with E-state index in [9.17, 15) is 13.2 Å². The van der Waals surface area contributed by atoms with Crippen LogP contribution in [-0.2, 0) is 0 Å². The SMILES string of the molecule is FC(F)(F)C1CCCN(c2nc3ccccc3s2)C1. The second-order valence-electron chi connectivity index (χ2n) is 4.79. The molecular formula is C13H13F3N2S. The lowest BCUT2D eigenvalue weighted by Crippen LogP contribution is -2.41. The van der Waals surface area contributed by atoms with E-state index in [1.54, 1.807) is 4.90 Å². The van der Waals surface area contributed by atoms with Gasteiger partial charge in [0.05, 0.1) is 16.1 Å². The Kier molecular flexibility index (Phi) is 3.12. The van der Waals surface area contributed by atoms with E-state index >= 15 is 0 Å². The van der Waals surface area contributed by atoms with Crippen molar-refractivity contribution in [1.82, 2.24) is 4.98 Å². The number of aromatic nitrogens is 1. The van der Waals surface area contributed by atoms with E-state index in [1.165, 1.54) is 11.3 Å². The summed E-state index contributed by atoms with van der Waals surface area (Å²) in [4.78, 5) is 6.20. The Morgan fingerprint density at radius 3 is 2.79 bits per heavy atom. The maximum atomic E-state index is 12.8. The summed E-state index contributed by atoms with van der Waals surface area (Å²) in [7, 11) is 0. The maximum absolute atomic E-state index is 12.8. The lowest BCUT2D eigenvalue weighted by molar-refractivity contribution is -0.175. The Bertz CT molecular complexity index is 546. The number of halogens is 3. The molecule has 102 valence electrons. The number of rotatable bonds is 1. The van der Waals surface area contributed by atoms with Crippen molar-refractivity contribution in [2.75, 3.05) is 18.0 Å². The van der Waals surface area contributed by atoms with Gasteiger partial charge in [-0.2, -0.15) is 13.2 Å². The van der Waals surface area contributed by atoms with E-state index < -0.39 is 12.1 Å². The molecule has 0 amide bonds. The second kappa shape index (κ2) is 4.67. The molecule has 3 rings (SSSR count). The van der Waals surface area contributed by atoms with Gasteiger partial charge in [0, 0.05) is 13.1 Å². The van der Waals surface area contributed by atoms with Crippen molar-refractivity contribution < 1.29 is 13.2 Å². The van der Waals surface area contributed by atoms with Crippen molar-refractivity contribution in [2.45, 2.75) is 19.0 Å². The molecule has 0 aliphatic carbocycles. The van der Waals surface area contributed by atoms with E-state index in [1.807, 2.05) is 24.3 Å². The monoisotopic (exact) mass is 286 g/mol. The molecule has 2 aromatic rings. The molecule has 0 spiro atoms. The first-order valence-electron chi connectivity index (χ1n) is 6.21. The lowest BCUT2D eigenvalue weighted by Gasteiger charge is -2.33. The summed E-state index contributed by atoms with van der Waals surface area (Å²) in [6, 6.07) is 7.64. The van der Waals surface area contributed by atoms with Crippen molar-refractivity contribution in [2.24, 2.45) is 5.92 Å². The van der Waals surface area contributed by atoms with Crippen LogP contribution < -0.4 is 4.90 Å². The average molecular weight is 286 g/mol. The van der Waals surface area contributed by atoms with E-state index in [0.717, 1.165) is 10.2 Å². The quantitative estimate of drug-likeness (QED) is 0.785. The molecule has 1 fully saturated rings. The van der Waals surface area contributed by atoms with Gasteiger partial charge in [0.2, 0.25) is 0 Å². The number of fused-ring (bicyclic) bond motifs is 1. The normalized spacial score (nSPS) is 21.0. The van der Waals surface area contributed by atoms with Gasteiger partial charge >= 0.3 is 6.18 Å². The van der Waals surface area contributed by atoms with Crippen molar-refractivity contribution in [3.8, 4) is 0 Å². The van der Waals surface area contributed by atoms with Crippen LogP contribution in [0.1, 0.15) is 12.8 Å². The first-order valence-corrected chi connectivity index (χ1v) is 7.03. The fraction of sp³-hybridized carbons (Fsp3) is 0.462. The largest absolute Gasteiger partial charge is 0.393 e. The Morgan fingerprint density at radius 1 is 1.26 bits per heavy atom. The third kappa shape index (κ3) is 2.54. The van der Waals surface area contributed by atoms with Gasteiger partial charge in [-0.05, 0) is 25.0 Å². The number of hydrogen-bond acceptors (Lipinski definition) is 3. The fourth-order valence-electron chi connectivity index (χ4n) is 2.41. The summed E-state index contributed by atoms with van der Waals surface area (Å²) < 4.78 is 39.4. The molecule has 1 unspecified atom stereocenters. The van der Waals surface area contributed by atoms with Crippen LogP contribution in [-0.4, -0.2) is 24.2 Å². The molecule has 1 saturated heterocycles. The Hall–Kier alpha value is -1.30. The summed E-state index contributed by atoms with van der Waals surface area (Å²) in [6.45, 7) is 0.690. The number of hydrogen-bond donors (Lipinski definition) is 0. The number of para-hydroxylation sites is 1. The summed E-state index contributed by atoms with van der Waals surface area (Å²) in [5, 5.41) is 0.704. The van der Waals surface area contributed by atoms with Crippen LogP contribution in [0.15, 0.2) is 24.3 Å². The Morgan fingerprint density at radius 2 is 2.05 bits per heavy atom. The highest BCUT2D eigenvalue weighted by Gasteiger charge is 2.42. The van der Waals surface area contributed by atoms with Crippen LogP contribution in [0.5, 0.6) is 0 Å². The number of alkyl halides is 3. The van der Waals surface area contributed by atoms with Gasteiger partial charge in [-0.25, -0.2) is 4.98 Å². The molecule has 1 aliphatic heterocycles. The third-order valence-corrected chi connectivity index (χ3v) is 4.53. The molecule has 0 saturated carbocycles. The van der Waals surface area contributed by atoms with Crippen molar-refractivity contribution in [3.63, 3.8) is 0 Å². The summed E-state index contributed by atoms with van der Waals surface area (Å²) in [5.74, 6) is -1.23. The van der Waals surface area contributed by atoms with Crippen molar-refractivity contribution >= 4 is 26.7 Å². The van der Waals surface area contributed by atoms with E-state index in [2.05, 4.69) is 4.98 Å². The fourth-order valence-corrected chi connectivity index (χ4v) is 3.41. The van der Waals surface area contributed by atoms with Gasteiger partial charge in [0.1, 0.15) is 0 Å². The van der Waals surface area contributed by atoms with Crippen molar-refractivity contribution in [3.05, 3.63) is 24.3 Å². The number of benzene rings is 1. The summed E-state index contributed by atoms with van der Waals surface area (Å²) in [5.41, 5.74) is 0.858. The molecule has 0 N–H and O–H groups in total. The molecule has 1 atom stereocenters. The topological polar surface area (TPSA) is 16.1 Å². The van der Waals surface area contributed by atoms with Gasteiger partial charge in [-0.1, -0.05) is 23.5 Å². The van der Waals surface area contributed by atoms with E-state index in [4.69, 9.17) is 0 Å². The minimum atomic E-state index is -4.10. The van der Waals surface area contributed by atoms with Gasteiger partial charge in [0.15, 0.2) is 5.13 Å². The zero-order chi connectivity index (χ0) is 13.5. The van der Waals surface area contributed by atoms with Crippen LogP contribution >= 0.6 is 11.3 Å². The minimum Gasteiger partial charge on any atom is -0.347 e. The third-order valence-electron chi connectivity index (χ3n) is 3.44. The molecule has 0 bridgehead atoms. The van der Waals surface area contributed by atoms with Gasteiger partial charge in [-0.15, -0.1) is 0 Å². The van der Waals surface area contributed by atoms with Crippen LogP contribution in [0.2, 0.25) is 0 Å². The smallest absolute Gasteiger partial charge is 0.347 e. The Balaban J connectivity index is 1.85. The molecule has 1 aromatic carbocycles. The van der Waals surface area contributed by atoms with E-state index in [-0.39, 0.29) is 13.0 Å². The molecule has 6 heteroatoms. The van der Waals surface area contributed by atoms with Crippen LogP contribution in [0, 0.1) is 5.92 Å². The Labute approximate surface area is 112 Å². The standard InChI is InChI=1S/C13H13F3N2S/c14-13(15,16)9-4-3-7-18(8-9)12-17-10-5-1-2-6-11(10)19-12/h1-2,5-6,9H,3-4,7-8H2. The second-order valence-corrected chi connectivity index (χ2v) is 5.80. The number of nitrogens with zero attached hydrogens (tertiary/aromatic N) is 2. The molecule has 1 aromatic heterocycles. The highest BCUT2D eigenvalue weighted by Crippen LogP contribution is 2.36. The highest BCUT2D eigenvalue weighted by molar-refractivity contribution is 7.22. The molecular weight excluding hydrogens is 273 g/mol. The molecule has 2 heterocycles. The molecule has 19 heavy (non-hydrogen) atoms.